The molecule has 2 heteroatoms. The van der Waals surface area contributed by atoms with Crippen LogP contribution in [0.15, 0.2) is 24.3 Å². The summed E-state index contributed by atoms with van der Waals surface area (Å²) in [4.78, 5) is 10.8. The summed E-state index contributed by atoms with van der Waals surface area (Å²) < 4.78 is 0. The number of amides is 1. The standard InChI is InChI=1S/C12H13NO/c1-8-2-3-9-4-5-10(7-12(13)14)11(9)6-8/h2-3,6-7H,4-5H2,1H3,(H2,13,14)/b10-7+. The van der Waals surface area contributed by atoms with E-state index < -0.39 is 0 Å². The lowest BCUT2D eigenvalue weighted by Gasteiger charge is -2.01. The van der Waals surface area contributed by atoms with Crippen LogP contribution in [-0.2, 0) is 11.2 Å². The lowest BCUT2D eigenvalue weighted by atomic mass is 10.0. The van der Waals surface area contributed by atoms with Gasteiger partial charge >= 0.3 is 0 Å². The highest BCUT2D eigenvalue weighted by Crippen LogP contribution is 2.32. The van der Waals surface area contributed by atoms with Crippen molar-refractivity contribution in [2.45, 2.75) is 19.8 Å². The van der Waals surface area contributed by atoms with Gasteiger partial charge in [-0.25, -0.2) is 0 Å². The molecule has 0 heterocycles. The fraction of sp³-hybridized carbons (Fsp3) is 0.250. The van der Waals surface area contributed by atoms with E-state index in [0.717, 1.165) is 18.4 Å². The number of aryl methyl sites for hydroxylation is 2. The topological polar surface area (TPSA) is 43.1 Å². The monoisotopic (exact) mass is 187 g/mol. The summed E-state index contributed by atoms with van der Waals surface area (Å²) in [5.74, 6) is -0.352. The van der Waals surface area contributed by atoms with E-state index in [-0.39, 0.29) is 5.91 Å². The Kier molecular flexibility index (Phi) is 2.12. The van der Waals surface area contributed by atoms with Gasteiger partial charge in [0.15, 0.2) is 0 Å². The van der Waals surface area contributed by atoms with Gasteiger partial charge in [-0.15, -0.1) is 0 Å². The number of benzene rings is 1. The Balaban J connectivity index is 2.48. The van der Waals surface area contributed by atoms with Gasteiger partial charge < -0.3 is 5.73 Å². The molecule has 1 aliphatic carbocycles. The summed E-state index contributed by atoms with van der Waals surface area (Å²) in [6.07, 6.45) is 3.50. The predicted molar refractivity (Wildman–Crippen MR) is 56.7 cm³/mol. The van der Waals surface area contributed by atoms with E-state index in [1.165, 1.54) is 16.7 Å². The van der Waals surface area contributed by atoms with Gasteiger partial charge in [0, 0.05) is 6.08 Å². The third-order valence-electron chi connectivity index (χ3n) is 2.59. The van der Waals surface area contributed by atoms with Crippen LogP contribution in [0.4, 0.5) is 0 Å². The minimum absolute atomic E-state index is 0.352. The Labute approximate surface area is 83.4 Å². The third-order valence-corrected chi connectivity index (χ3v) is 2.59. The highest BCUT2D eigenvalue weighted by molar-refractivity contribution is 5.95. The number of allylic oxidation sites excluding steroid dienone is 1. The molecule has 0 atom stereocenters. The van der Waals surface area contributed by atoms with Crippen molar-refractivity contribution in [3.05, 3.63) is 41.0 Å². The van der Waals surface area contributed by atoms with Crippen molar-refractivity contribution in [1.29, 1.82) is 0 Å². The van der Waals surface area contributed by atoms with Crippen LogP contribution in [0, 0.1) is 6.92 Å². The maximum Gasteiger partial charge on any atom is 0.241 e. The zero-order valence-electron chi connectivity index (χ0n) is 8.21. The van der Waals surface area contributed by atoms with Crippen LogP contribution in [0.2, 0.25) is 0 Å². The number of rotatable bonds is 1. The summed E-state index contributed by atoms with van der Waals surface area (Å²) in [6.45, 7) is 2.06. The fourth-order valence-corrected chi connectivity index (χ4v) is 1.93. The van der Waals surface area contributed by atoms with Crippen LogP contribution in [0.5, 0.6) is 0 Å². The van der Waals surface area contributed by atoms with Crippen molar-refractivity contribution < 1.29 is 4.79 Å². The van der Waals surface area contributed by atoms with E-state index in [2.05, 4.69) is 25.1 Å². The largest absolute Gasteiger partial charge is 0.366 e. The lowest BCUT2D eigenvalue weighted by Crippen LogP contribution is -2.06. The molecule has 1 aliphatic rings. The van der Waals surface area contributed by atoms with E-state index in [4.69, 9.17) is 5.73 Å². The number of hydrogen-bond acceptors (Lipinski definition) is 1. The number of carbonyl (C=O) groups is 1. The van der Waals surface area contributed by atoms with E-state index in [9.17, 15) is 4.79 Å². The number of fused-ring (bicyclic) bond motifs is 1. The van der Waals surface area contributed by atoms with Crippen molar-refractivity contribution in [1.82, 2.24) is 0 Å². The second kappa shape index (κ2) is 3.29. The molecule has 14 heavy (non-hydrogen) atoms. The Bertz CT molecular complexity index is 418. The number of carbonyl (C=O) groups excluding carboxylic acids is 1. The van der Waals surface area contributed by atoms with Crippen molar-refractivity contribution in [3.8, 4) is 0 Å². The summed E-state index contributed by atoms with van der Waals surface area (Å²) in [7, 11) is 0. The molecule has 0 saturated carbocycles. The number of hydrogen-bond donors (Lipinski definition) is 1. The Morgan fingerprint density at radius 2 is 2.21 bits per heavy atom. The normalized spacial score (nSPS) is 17.1. The summed E-state index contributed by atoms with van der Waals surface area (Å²) in [5.41, 5.74) is 9.98. The quantitative estimate of drug-likeness (QED) is 0.669. The molecule has 1 aromatic carbocycles. The molecule has 0 aliphatic heterocycles. The Morgan fingerprint density at radius 1 is 1.43 bits per heavy atom. The van der Waals surface area contributed by atoms with Crippen molar-refractivity contribution >= 4 is 11.5 Å². The zero-order chi connectivity index (χ0) is 10.1. The summed E-state index contributed by atoms with van der Waals surface area (Å²) in [6, 6.07) is 6.36. The molecule has 0 unspecified atom stereocenters. The lowest BCUT2D eigenvalue weighted by molar-refractivity contribution is -0.113. The summed E-state index contributed by atoms with van der Waals surface area (Å²) >= 11 is 0. The molecule has 0 fully saturated rings. The minimum atomic E-state index is -0.352. The van der Waals surface area contributed by atoms with Crippen molar-refractivity contribution in [2.75, 3.05) is 0 Å². The van der Waals surface area contributed by atoms with Gasteiger partial charge in [0.25, 0.3) is 0 Å². The first-order valence-electron chi connectivity index (χ1n) is 4.77. The minimum Gasteiger partial charge on any atom is -0.366 e. The molecule has 2 N–H and O–H groups in total. The van der Waals surface area contributed by atoms with Gasteiger partial charge in [0.2, 0.25) is 5.91 Å². The molecule has 1 aromatic rings. The van der Waals surface area contributed by atoms with Crippen LogP contribution in [-0.4, -0.2) is 5.91 Å². The average Bonchev–Trinajstić information content (AvgIpc) is 2.47. The smallest absolute Gasteiger partial charge is 0.241 e. The van der Waals surface area contributed by atoms with Gasteiger partial charge in [0.1, 0.15) is 0 Å². The molecular formula is C12H13NO. The van der Waals surface area contributed by atoms with Crippen LogP contribution in [0.25, 0.3) is 5.57 Å². The van der Waals surface area contributed by atoms with Crippen LogP contribution >= 0.6 is 0 Å². The Morgan fingerprint density at radius 3 is 2.93 bits per heavy atom. The number of nitrogens with two attached hydrogens (primary N) is 1. The first kappa shape index (κ1) is 9.00. The van der Waals surface area contributed by atoms with Crippen LogP contribution in [0.3, 0.4) is 0 Å². The van der Waals surface area contributed by atoms with Crippen molar-refractivity contribution in [3.63, 3.8) is 0 Å². The number of primary amides is 1. The van der Waals surface area contributed by atoms with Gasteiger partial charge in [-0.05, 0) is 36.5 Å². The van der Waals surface area contributed by atoms with Gasteiger partial charge in [0.05, 0.1) is 0 Å². The Hall–Kier alpha value is -1.57. The highest BCUT2D eigenvalue weighted by atomic mass is 16.1. The van der Waals surface area contributed by atoms with E-state index in [1.807, 2.05) is 0 Å². The van der Waals surface area contributed by atoms with Gasteiger partial charge in [-0.3, -0.25) is 4.79 Å². The highest BCUT2D eigenvalue weighted by Gasteiger charge is 2.16. The molecule has 2 rings (SSSR count). The summed E-state index contributed by atoms with van der Waals surface area (Å²) in [5, 5.41) is 0. The average molecular weight is 187 g/mol. The first-order valence-corrected chi connectivity index (χ1v) is 4.77. The molecule has 0 spiro atoms. The molecule has 0 radical (unpaired) electrons. The van der Waals surface area contributed by atoms with Gasteiger partial charge in [-0.1, -0.05) is 23.8 Å². The van der Waals surface area contributed by atoms with Crippen LogP contribution < -0.4 is 5.73 Å². The molecule has 0 bridgehead atoms. The first-order chi connectivity index (χ1) is 6.66. The molecule has 72 valence electrons. The predicted octanol–water partition coefficient (Wildman–Crippen LogP) is 1.81. The molecular weight excluding hydrogens is 174 g/mol. The van der Waals surface area contributed by atoms with E-state index in [1.54, 1.807) is 6.08 Å². The third kappa shape index (κ3) is 1.55. The van der Waals surface area contributed by atoms with Gasteiger partial charge in [-0.2, -0.15) is 0 Å². The second-order valence-electron chi connectivity index (χ2n) is 3.73. The molecule has 0 aromatic heterocycles. The van der Waals surface area contributed by atoms with Crippen molar-refractivity contribution in [2.24, 2.45) is 5.73 Å². The molecule has 1 amide bonds. The van der Waals surface area contributed by atoms with E-state index >= 15 is 0 Å². The molecule has 2 nitrogen and oxygen atoms in total. The second-order valence-corrected chi connectivity index (χ2v) is 3.73. The maximum atomic E-state index is 10.8. The maximum absolute atomic E-state index is 10.8. The zero-order valence-corrected chi connectivity index (χ0v) is 8.21. The van der Waals surface area contributed by atoms with E-state index in [0.29, 0.717) is 0 Å². The van der Waals surface area contributed by atoms with Crippen LogP contribution in [0.1, 0.15) is 23.1 Å². The fourth-order valence-electron chi connectivity index (χ4n) is 1.93. The molecule has 0 saturated heterocycles. The SMILES string of the molecule is Cc1ccc2c(c1)/C(=C/C(N)=O)CC2.